The molecule has 0 saturated heterocycles. The van der Waals surface area contributed by atoms with Crippen molar-refractivity contribution in [2.24, 2.45) is 10.9 Å². The Balaban J connectivity index is 2.11. The van der Waals surface area contributed by atoms with Crippen molar-refractivity contribution in [3.63, 3.8) is 0 Å². The molecule has 10 nitrogen and oxygen atoms in total. The third kappa shape index (κ3) is 12.3. The summed E-state index contributed by atoms with van der Waals surface area (Å²) in [7, 11) is 0. The highest BCUT2D eigenvalue weighted by Gasteiger charge is 2.35. The first-order chi connectivity index (χ1) is 20.0. The number of rotatable bonds is 11. The molecular weight excluding hydrogens is 576 g/mol. The first kappa shape index (κ1) is 35.6. The van der Waals surface area contributed by atoms with Gasteiger partial charge in [0.05, 0.1) is 18.0 Å². The van der Waals surface area contributed by atoms with Crippen LogP contribution in [0.3, 0.4) is 0 Å². The van der Waals surface area contributed by atoms with Crippen molar-refractivity contribution >= 4 is 57.4 Å². The van der Waals surface area contributed by atoms with Crippen molar-refractivity contribution < 1.29 is 28.7 Å². The summed E-state index contributed by atoms with van der Waals surface area (Å²) in [5.41, 5.74) is 0.0177. The molecule has 42 heavy (non-hydrogen) atoms. The molecule has 3 amide bonds. The van der Waals surface area contributed by atoms with Crippen LogP contribution in [0.1, 0.15) is 86.0 Å². The van der Waals surface area contributed by atoms with Crippen molar-refractivity contribution in [3.8, 4) is 0 Å². The largest absolute Gasteiger partial charge is 0.456 e. The maximum absolute atomic E-state index is 13.2. The van der Waals surface area contributed by atoms with Gasteiger partial charge in [-0.05, 0) is 31.8 Å². The average molecular weight is 623 g/mol. The zero-order chi connectivity index (χ0) is 31.1. The summed E-state index contributed by atoms with van der Waals surface area (Å²) in [5.74, 6) is -1.81. The highest BCUT2D eigenvalue weighted by Crippen LogP contribution is 2.27. The summed E-state index contributed by atoms with van der Waals surface area (Å²) < 4.78 is 5.71. The molecule has 2 aliphatic rings. The molecule has 2 heterocycles. The lowest BCUT2D eigenvalue weighted by atomic mass is 10.0. The summed E-state index contributed by atoms with van der Waals surface area (Å²) in [5, 5.41) is 8.70. The van der Waals surface area contributed by atoms with Crippen LogP contribution in [0, 0.1) is 5.92 Å². The van der Waals surface area contributed by atoms with Crippen LogP contribution < -0.4 is 16.0 Å². The molecule has 234 valence electrons. The second-order valence-corrected chi connectivity index (χ2v) is 13.3. The minimum Gasteiger partial charge on any atom is -0.456 e. The van der Waals surface area contributed by atoms with Gasteiger partial charge in [0.15, 0.2) is 5.12 Å². The minimum atomic E-state index is -1.01. The fourth-order valence-corrected chi connectivity index (χ4v) is 6.19. The smallest absolute Gasteiger partial charge is 0.329 e. The molecule has 1 unspecified atom stereocenters. The number of nitrogens with one attached hydrogen (secondary N) is 3. The van der Waals surface area contributed by atoms with Crippen LogP contribution in [0.2, 0.25) is 0 Å². The zero-order valence-corrected chi connectivity index (χ0v) is 27.0. The third-order valence-corrected chi connectivity index (χ3v) is 8.91. The first-order valence-electron chi connectivity index (χ1n) is 14.9. The zero-order valence-electron chi connectivity index (χ0n) is 25.4. The van der Waals surface area contributed by atoms with Gasteiger partial charge in [-0.25, -0.2) is 4.79 Å². The number of thioether (sulfide) groups is 2. The molecule has 0 aliphatic carbocycles. The lowest BCUT2D eigenvalue weighted by Crippen LogP contribution is -2.49. The SMILES string of the molecule is CC=C1NC(=O)C2N=C(CNC(=O)C[C@@H](C=CCCSC(=O)CCCCCCC)OC(=O)[C@H](C(C)C)NC1=O)S[C@@H]2C. The maximum atomic E-state index is 13.2. The van der Waals surface area contributed by atoms with Gasteiger partial charge in [-0.2, -0.15) is 0 Å². The van der Waals surface area contributed by atoms with Gasteiger partial charge in [-0.3, -0.25) is 24.2 Å². The molecule has 0 fully saturated rings. The quantitative estimate of drug-likeness (QED) is 0.136. The van der Waals surface area contributed by atoms with E-state index in [4.69, 9.17) is 4.74 Å². The Kier molecular flexibility index (Phi) is 16.0. The molecule has 2 aliphatic heterocycles. The second kappa shape index (κ2) is 18.8. The standard InChI is InChI=1S/C30H46N4O6S2/c1-6-8-9-10-11-15-25(36)41-16-13-12-14-21-17-23(35)31-18-24-33-27(20(5)42-24)29(38)32-22(7-2)28(37)34-26(19(3)4)30(39)40-21/h7,12,14,19-21,26-27H,6,8-11,13,15-18H2,1-5H3,(H,31,35)(H,32,38)(H,34,37)/t20-,21-,26+,27?/m1/s1. The number of unbranched alkanes of at least 4 members (excludes halogenated alkanes) is 4. The maximum Gasteiger partial charge on any atom is 0.329 e. The molecule has 4 atom stereocenters. The van der Waals surface area contributed by atoms with Crippen LogP contribution in [-0.4, -0.2) is 69.6 Å². The van der Waals surface area contributed by atoms with Crippen molar-refractivity contribution in [3.05, 3.63) is 23.9 Å². The average Bonchev–Trinajstić information content (AvgIpc) is 3.32. The predicted molar refractivity (Wildman–Crippen MR) is 169 cm³/mol. The fourth-order valence-electron chi connectivity index (χ4n) is 4.35. The number of esters is 1. The van der Waals surface area contributed by atoms with Gasteiger partial charge in [0.25, 0.3) is 5.91 Å². The van der Waals surface area contributed by atoms with Crippen LogP contribution in [-0.2, 0) is 28.7 Å². The van der Waals surface area contributed by atoms with Gasteiger partial charge < -0.3 is 20.7 Å². The molecule has 0 aromatic heterocycles. The Morgan fingerprint density at radius 3 is 2.60 bits per heavy atom. The van der Waals surface area contributed by atoms with Gasteiger partial charge in [-0.1, -0.05) is 77.3 Å². The first-order valence-corrected chi connectivity index (χ1v) is 16.7. The van der Waals surface area contributed by atoms with E-state index in [-0.39, 0.29) is 40.9 Å². The van der Waals surface area contributed by atoms with E-state index in [9.17, 15) is 24.0 Å². The molecule has 12 heteroatoms. The number of carbonyl (C=O) groups is 5. The van der Waals surface area contributed by atoms with Crippen LogP contribution in [0.5, 0.6) is 0 Å². The Bertz CT molecular complexity index is 1060. The van der Waals surface area contributed by atoms with Crippen molar-refractivity contribution in [2.75, 3.05) is 12.3 Å². The number of aliphatic imine (C=N–C) groups is 1. The van der Waals surface area contributed by atoms with E-state index in [1.165, 1.54) is 42.4 Å². The van der Waals surface area contributed by atoms with Crippen LogP contribution in [0.25, 0.3) is 0 Å². The number of hydrogen-bond acceptors (Lipinski definition) is 9. The molecular formula is C30H46N4O6S2. The van der Waals surface area contributed by atoms with Gasteiger partial charge >= 0.3 is 5.97 Å². The van der Waals surface area contributed by atoms with E-state index >= 15 is 0 Å². The molecule has 0 aromatic rings. The lowest BCUT2D eigenvalue weighted by Gasteiger charge is -2.24. The molecule has 2 rings (SSSR count). The molecule has 2 bridgehead atoms. The number of amides is 3. The van der Waals surface area contributed by atoms with E-state index in [1.807, 2.05) is 13.0 Å². The van der Waals surface area contributed by atoms with E-state index in [0.717, 1.165) is 19.3 Å². The van der Waals surface area contributed by atoms with Crippen LogP contribution >= 0.6 is 23.5 Å². The van der Waals surface area contributed by atoms with Crippen LogP contribution in [0.15, 0.2) is 28.9 Å². The highest BCUT2D eigenvalue weighted by molar-refractivity contribution is 8.14. The number of ether oxygens (including phenoxy) is 1. The van der Waals surface area contributed by atoms with Gasteiger partial charge in [0.2, 0.25) is 11.8 Å². The van der Waals surface area contributed by atoms with Crippen LogP contribution in [0.4, 0.5) is 0 Å². The van der Waals surface area contributed by atoms with E-state index in [1.54, 1.807) is 26.8 Å². The Morgan fingerprint density at radius 2 is 1.90 bits per heavy atom. The summed E-state index contributed by atoms with van der Waals surface area (Å²) in [6.45, 7) is 9.31. The van der Waals surface area contributed by atoms with E-state index < -0.39 is 36.0 Å². The summed E-state index contributed by atoms with van der Waals surface area (Å²) in [4.78, 5) is 68.5. The molecule has 0 radical (unpaired) electrons. The Labute approximate surface area is 258 Å². The van der Waals surface area contributed by atoms with Gasteiger partial charge in [0.1, 0.15) is 23.9 Å². The second-order valence-electron chi connectivity index (χ2n) is 10.7. The van der Waals surface area contributed by atoms with Crippen molar-refractivity contribution in [2.45, 2.75) is 109 Å². The molecule has 0 spiro atoms. The number of fused-ring (bicyclic) bond motifs is 1. The predicted octanol–water partition coefficient (Wildman–Crippen LogP) is 4.05. The van der Waals surface area contributed by atoms with E-state index in [2.05, 4.69) is 27.9 Å². The molecule has 0 saturated carbocycles. The summed E-state index contributed by atoms with van der Waals surface area (Å²) in [6.07, 6.45) is 10.6. The molecule has 3 N–H and O–H groups in total. The highest BCUT2D eigenvalue weighted by atomic mass is 32.2. The Morgan fingerprint density at radius 1 is 1.17 bits per heavy atom. The molecule has 0 aromatic carbocycles. The van der Waals surface area contributed by atoms with Gasteiger partial charge in [0, 0.05) is 17.4 Å². The van der Waals surface area contributed by atoms with Crippen molar-refractivity contribution in [1.29, 1.82) is 0 Å². The number of carbonyl (C=O) groups excluding carboxylic acids is 5. The normalized spacial score (nSPS) is 25.3. The van der Waals surface area contributed by atoms with Crippen molar-refractivity contribution in [1.82, 2.24) is 16.0 Å². The number of allylic oxidation sites excluding steroid dienone is 2. The lowest BCUT2D eigenvalue weighted by molar-refractivity contribution is -0.153. The van der Waals surface area contributed by atoms with E-state index in [0.29, 0.717) is 23.6 Å². The fraction of sp³-hybridized carbons (Fsp3) is 0.667. The monoisotopic (exact) mass is 622 g/mol. The minimum absolute atomic E-state index is 0.0177. The van der Waals surface area contributed by atoms with Gasteiger partial charge in [-0.15, -0.1) is 11.8 Å². The number of hydrogen-bond donors (Lipinski definition) is 3. The number of nitrogens with zero attached hydrogens (tertiary/aromatic N) is 1. The topological polar surface area (TPSA) is 143 Å². The summed E-state index contributed by atoms with van der Waals surface area (Å²) in [6, 6.07) is -1.72. The summed E-state index contributed by atoms with van der Waals surface area (Å²) >= 11 is 2.68. The Hall–Kier alpha value is -2.60. The number of cyclic esters (lactones) is 1. The third-order valence-electron chi connectivity index (χ3n) is 6.79.